The first kappa shape index (κ1) is 12.9. The summed E-state index contributed by atoms with van der Waals surface area (Å²) in [7, 11) is 0. The molecule has 1 N–H and O–H groups in total. The Balaban J connectivity index is 2.78. The van der Waals surface area contributed by atoms with E-state index in [1.807, 2.05) is 19.1 Å². The van der Waals surface area contributed by atoms with Crippen molar-refractivity contribution < 1.29 is 5.11 Å². The van der Waals surface area contributed by atoms with Crippen LogP contribution in [0.2, 0.25) is 0 Å². The minimum Gasteiger partial charge on any atom is -0.508 e. The van der Waals surface area contributed by atoms with Gasteiger partial charge in [-0.1, -0.05) is 24.6 Å². The predicted octanol–water partition coefficient (Wildman–Crippen LogP) is 3.80. The van der Waals surface area contributed by atoms with Crippen LogP contribution in [-0.4, -0.2) is 10.9 Å². The Bertz CT molecular complexity index is 384. The van der Waals surface area contributed by atoms with Crippen molar-refractivity contribution >= 4 is 11.8 Å². The number of thioether (sulfide) groups is 1. The third-order valence-electron chi connectivity index (χ3n) is 2.75. The molecule has 86 valence electrons. The topological polar surface area (TPSA) is 44.0 Å². The van der Waals surface area contributed by atoms with E-state index in [4.69, 9.17) is 5.26 Å². The summed E-state index contributed by atoms with van der Waals surface area (Å²) in [5.41, 5.74) is 2.18. The Morgan fingerprint density at radius 3 is 2.88 bits per heavy atom. The monoisotopic (exact) mass is 235 g/mol. The third-order valence-corrected chi connectivity index (χ3v) is 3.32. The van der Waals surface area contributed by atoms with Gasteiger partial charge in [0.25, 0.3) is 0 Å². The average Bonchev–Trinajstić information content (AvgIpc) is 2.28. The Morgan fingerprint density at radius 1 is 1.50 bits per heavy atom. The number of hydrogen-bond donors (Lipinski definition) is 1. The van der Waals surface area contributed by atoms with Crippen molar-refractivity contribution in [3.05, 3.63) is 29.3 Å². The lowest BCUT2D eigenvalue weighted by atomic mass is 9.92. The number of rotatable bonds is 5. The molecule has 1 rings (SSSR count). The molecule has 0 aliphatic carbocycles. The minimum atomic E-state index is 0.348. The highest BCUT2D eigenvalue weighted by Gasteiger charge is 2.13. The van der Waals surface area contributed by atoms with Gasteiger partial charge in [-0.05, 0) is 49.1 Å². The molecule has 3 heteroatoms. The molecule has 0 radical (unpaired) electrons. The van der Waals surface area contributed by atoms with E-state index in [-0.39, 0.29) is 0 Å². The Labute approximate surface area is 101 Å². The van der Waals surface area contributed by atoms with Gasteiger partial charge in [-0.15, -0.1) is 0 Å². The van der Waals surface area contributed by atoms with Gasteiger partial charge in [-0.2, -0.15) is 5.26 Å². The highest BCUT2D eigenvalue weighted by atomic mass is 32.2. The van der Waals surface area contributed by atoms with Crippen LogP contribution in [0.1, 0.15) is 36.8 Å². The molecule has 0 aliphatic heterocycles. The highest BCUT2D eigenvalue weighted by molar-refractivity contribution is 8.03. The van der Waals surface area contributed by atoms with Crippen LogP contribution in [-0.2, 0) is 0 Å². The number of nitrogens with zero attached hydrogens (tertiary/aromatic N) is 1. The van der Waals surface area contributed by atoms with Crippen LogP contribution in [0.15, 0.2) is 18.2 Å². The predicted molar refractivity (Wildman–Crippen MR) is 68.6 cm³/mol. The Morgan fingerprint density at radius 2 is 2.25 bits per heavy atom. The van der Waals surface area contributed by atoms with Gasteiger partial charge < -0.3 is 5.11 Å². The van der Waals surface area contributed by atoms with Gasteiger partial charge in [-0.3, -0.25) is 0 Å². The van der Waals surface area contributed by atoms with E-state index in [1.54, 1.807) is 6.07 Å². The van der Waals surface area contributed by atoms with Crippen molar-refractivity contribution in [1.82, 2.24) is 0 Å². The summed E-state index contributed by atoms with van der Waals surface area (Å²) in [6.45, 7) is 4.14. The lowest BCUT2D eigenvalue weighted by Gasteiger charge is -2.16. The van der Waals surface area contributed by atoms with Crippen molar-refractivity contribution in [2.24, 2.45) is 0 Å². The molecule has 0 fully saturated rings. The maximum Gasteiger partial charge on any atom is 0.133 e. The van der Waals surface area contributed by atoms with E-state index >= 15 is 0 Å². The van der Waals surface area contributed by atoms with Gasteiger partial charge in [0.2, 0.25) is 0 Å². The first-order valence-corrected chi connectivity index (χ1v) is 6.48. The molecule has 1 aromatic carbocycles. The molecule has 1 unspecified atom stereocenters. The molecule has 0 saturated heterocycles. The van der Waals surface area contributed by atoms with Crippen LogP contribution < -0.4 is 0 Å². The Kier molecular flexibility index (Phi) is 5.21. The van der Waals surface area contributed by atoms with E-state index in [9.17, 15) is 5.11 Å². The molecule has 0 saturated carbocycles. The second-order valence-electron chi connectivity index (χ2n) is 3.90. The molecule has 1 atom stereocenters. The van der Waals surface area contributed by atoms with Crippen LogP contribution in [0.4, 0.5) is 0 Å². The van der Waals surface area contributed by atoms with E-state index in [0.717, 1.165) is 24.2 Å². The van der Waals surface area contributed by atoms with E-state index in [2.05, 4.69) is 12.3 Å². The standard InChI is InChI=1S/C13H17NOS/c1-3-11(6-7-16-9-14)12-8-10(2)4-5-13(12)15/h4-5,8,11,15H,3,6-7H2,1-2H3. The summed E-state index contributed by atoms with van der Waals surface area (Å²) in [5.74, 6) is 1.54. The summed E-state index contributed by atoms with van der Waals surface area (Å²) < 4.78 is 0. The maximum atomic E-state index is 9.82. The number of phenols is 1. The molecular formula is C13H17NOS. The molecule has 0 bridgehead atoms. The fourth-order valence-electron chi connectivity index (χ4n) is 1.83. The number of thiocyanates is 1. The lowest BCUT2D eigenvalue weighted by molar-refractivity contribution is 0.457. The van der Waals surface area contributed by atoms with E-state index < -0.39 is 0 Å². The second-order valence-corrected chi connectivity index (χ2v) is 4.78. The average molecular weight is 235 g/mol. The molecule has 16 heavy (non-hydrogen) atoms. The molecule has 0 amide bonds. The van der Waals surface area contributed by atoms with Crippen LogP contribution in [0.25, 0.3) is 0 Å². The summed E-state index contributed by atoms with van der Waals surface area (Å²) in [6, 6.07) is 5.71. The van der Waals surface area contributed by atoms with E-state index in [1.165, 1.54) is 17.3 Å². The van der Waals surface area contributed by atoms with Gasteiger partial charge in [-0.25, -0.2) is 0 Å². The van der Waals surface area contributed by atoms with Gasteiger partial charge in [0, 0.05) is 5.75 Å². The minimum absolute atomic E-state index is 0.348. The second kappa shape index (κ2) is 6.44. The smallest absolute Gasteiger partial charge is 0.133 e. The molecule has 0 heterocycles. The third kappa shape index (κ3) is 3.46. The van der Waals surface area contributed by atoms with E-state index in [0.29, 0.717) is 11.7 Å². The molecule has 2 nitrogen and oxygen atoms in total. The van der Waals surface area contributed by atoms with Crippen LogP contribution in [0, 0.1) is 17.6 Å². The number of hydrogen-bond acceptors (Lipinski definition) is 3. The molecular weight excluding hydrogens is 218 g/mol. The number of nitriles is 1. The number of phenolic OH excluding ortho intramolecular Hbond substituents is 1. The maximum absolute atomic E-state index is 9.82. The van der Waals surface area contributed by atoms with Gasteiger partial charge >= 0.3 is 0 Å². The summed E-state index contributed by atoms with van der Waals surface area (Å²) in [6.07, 6.45) is 1.93. The first-order chi connectivity index (χ1) is 7.69. The van der Waals surface area contributed by atoms with Crippen molar-refractivity contribution in [3.8, 4) is 11.2 Å². The zero-order chi connectivity index (χ0) is 12.0. The summed E-state index contributed by atoms with van der Waals surface area (Å²) in [4.78, 5) is 0. The van der Waals surface area contributed by atoms with Crippen molar-refractivity contribution in [3.63, 3.8) is 0 Å². The fraction of sp³-hybridized carbons (Fsp3) is 0.462. The SMILES string of the molecule is CCC(CCSC#N)c1cc(C)ccc1O. The largest absolute Gasteiger partial charge is 0.508 e. The van der Waals surface area contributed by atoms with Crippen LogP contribution >= 0.6 is 11.8 Å². The summed E-state index contributed by atoms with van der Waals surface area (Å²) >= 11 is 1.28. The zero-order valence-corrected chi connectivity index (χ0v) is 10.5. The zero-order valence-electron chi connectivity index (χ0n) is 9.73. The first-order valence-electron chi connectivity index (χ1n) is 5.49. The number of aromatic hydroxyl groups is 1. The quantitative estimate of drug-likeness (QED) is 0.623. The van der Waals surface area contributed by atoms with Crippen molar-refractivity contribution in [2.45, 2.75) is 32.6 Å². The highest BCUT2D eigenvalue weighted by Crippen LogP contribution is 2.32. The Hall–Kier alpha value is -1.14. The molecule has 0 aromatic heterocycles. The van der Waals surface area contributed by atoms with Gasteiger partial charge in [0.15, 0.2) is 0 Å². The normalized spacial score (nSPS) is 12.1. The van der Waals surface area contributed by atoms with Crippen LogP contribution in [0.5, 0.6) is 5.75 Å². The molecule has 0 aliphatic rings. The van der Waals surface area contributed by atoms with Crippen LogP contribution in [0.3, 0.4) is 0 Å². The van der Waals surface area contributed by atoms with Gasteiger partial charge in [0.05, 0.1) is 0 Å². The lowest BCUT2D eigenvalue weighted by Crippen LogP contribution is -2.00. The number of benzene rings is 1. The molecule has 0 spiro atoms. The molecule has 1 aromatic rings. The summed E-state index contributed by atoms with van der Waals surface area (Å²) in [5, 5.41) is 20.4. The fourth-order valence-corrected chi connectivity index (χ4v) is 2.32. The van der Waals surface area contributed by atoms with Gasteiger partial charge in [0.1, 0.15) is 11.2 Å². The number of aryl methyl sites for hydroxylation is 1. The van der Waals surface area contributed by atoms with Crippen molar-refractivity contribution in [1.29, 1.82) is 5.26 Å². The van der Waals surface area contributed by atoms with Crippen molar-refractivity contribution in [2.75, 3.05) is 5.75 Å².